The van der Waals surface area contributed by atoms with Gasteiger partial charge in [0.15, 0.2) is 6.10 Å². The summed E-state index contributed by atoms with van der Waals surface area (Å²) in [6.45, 7) is 3.05. The molecule has 0 heterocycles. The number of hydrogen-bond donors (Lipinski definition) is 1. The molecule has 0 aromatic heterocycles. The number of benzene rings is 2. The maximum Gasteiger partial charge on any atom is 0.338 e. The number of hydrogen-bond acceptors (Lipinski definition) is 4. The first kappa shape index (κ1) is 18.7. The maximum atomic E-state index is 14.0. The zero-order valence-electron chi connectivity index (χ0n) is 13.9. The lowest BCUT2D eigenvalue weighted by Crippen LogP contribution is -2.30. The molecule has 2 aromatic carbocycles. The maximum absolute atomic E-state index is 14.0. The largest absolute Gasteiger partial charge is 0.481 e. The lowest BCUT2D eigenvalue weighted by atomic mass is 10.1. The second-order valence-electron chi connectivity index (χ2n) is 5.33. The van der Waals surface area contributed by atoms with E-state index in [2.05, 4.69) is 10.1 Å². The minimum absolute atomic E-state index is 0.00664. The van der Waals surface area contributed by atoms with E-state index in [-0.39, 0.29) is 16.8 Å². The normalized spacial score (nSPS) is 11.6. The summed E-state index contributed by atoms with van der Waals surface area (Å²) < 4.78 is 24.1. The molecule has 0 aliphatic carbocycles. The number of carbonyl (C=O) groups excluding carboxylic acids is 2. The van der Waals surface area contributed by atoms with Crippen LogP contribution in [0.5, 0.6) is 5.75 Å². The van der Waals surface area contributed by atoms with E-state index in [0.29, 0.717) is 10.8 Å². The molecule has 2 rings (SSSR count). The van der Waals surface area contributed by atoms with Crippen molar-refractivity contribution in [1.82, 2.24) is 0 Å². The third-order valence-electron chi connectivity index (χ3n) is 3.52. The van der Waals surface area contributed by atoms with Gasteiger partial charge in [-0.1, -0.05) is 11.6 Å². The van der Waals surface area contributed by atoms with Crippen molar-refractivity contribution in [3.8, 4) is 5.75 Å². The van der Waals surface area contributed by atoms with Crippen molar-refractivity contribution in [2.24, 2.45) is 0 Å². The number of anilines is 1. The van der Waals surface area contributed by atoms with Gasteiger partial charge in [-0.15, -0.1) is 0 Å². The molecule has 1 amide bonds. The van der Waals surface area contributed by atoms with Gasteiger partial charge in [0.25, 0.3) is 5.91 Å². The fourth-order valence-corrected chi connectivity index (χ4v) is 2.18. The molecule has 0 aliphatic heterocycles. The van der Waals surface area contributed by atoms with E-state index >= 15 is 0 Å². The molecule has 1 unspecified atom stereocenters. The second kappa shape index (κ2) is 7.98. The fraction of sp³-hybridized carbons (Fsp3) is 0.222. The van der Waals surface area contributed by atoms with Crippen molar-refractivity contribution in [3.63, 3.8) is 0 Å². The van der Waals surface area contributed by atoms with Crippen LogP contribution in [0.3, 0.4) is 0 Å². The van der Waals surface area contributed by atoms with Crippen LogP contribution in [0.15, 0.2) is 36.4 Å². The number of rotatable bonds is 5. The monoisotopic (exact) mass is 365 g/mol. The highest BCUT2D eigenvalue weighted by molar-refractivity contribution is 6.30. The first-order valence-electron chi connectivity index (χ1n) is 7.43. The van der Waals surface area contributed by atoms with Crippen molar-refractivity contribution in [1.29, 1.82) is 0 Å². The lowest BCUT2D eigenvalue weighted by molar-refractivity contribution is -0.122. The van der Waals surface area contributed by atoms with Crippen LogP contribution in [0, 0.1) is 12.7 Å². The third-order valence-corrected chi connectivity index (χ3v) is 3.77. The number of methoxy groups -OCH3 is 1. The summed E-state index contributed by atoms with van der Waals surface area (Å²) in [7, 11) is 1.19. The van der Waals surface area contributed by atoms with Gasteiger partial charge < -0.3 is 14.8 Å². The van der Waals surface area contributed by atoms with E-state index in [1.54, 1.807) is 31.2 Å². The molecule has 25 heavy (non-hydrogen) atoms. The van der Waals surface area contributed by atoms with Gasteiger partial charge >= 0.3 is 5.97 Å². The summed E-state index contributed by atoms with van der Waals surface area (Å²) in [4.78, 5) is 23.9. The molecule has 132 valence electrons. The second-order valence-corrected chi connectivity index (χ2v) is 5.76. The standard InChI is InChI=1S/C18H17ClFNO4/c1-10-15(20)8-12(18(23)24-3)9-16(10)21-17(22)11(2)25-14-6-4-13(19)5-7-14/h4-9,11H,1-3H3,(H,21,22). The minimum atomic E-state index is -0.842. The summed E-state index contributed by atoms with van der Waals surface area (Å²) >= 11 is 5.79. The average Bonchev–Trinajstić information content (AvgIpc) is 2.59. The molecule has 1 N–H and O–H groups in total. The zero-order chi connectivity index (χ0) is 18.6. The predicted octanol–water partition coefficient (Wildman–Crippen LogP) is 3.98. The summed E-state index contributed by atoms with van der Waals surface area (Å²) in [5.74, 6) is -1.33. The van der Waals surface area contributed by atoms with Gasteiger partial charge in [0.05, 0.1) is 12.7 Å². The van der Waals surface area contributed by atoms with Crippen molar-refractivity contribution in [2.45, 2.75) is 20.0 Å². The molecular weight excluding hydrogens is 349 g/mol. The summed E-state index contributed by atoms with van der Waals surface area (Å²) in [5.41, 5.74) is 0.392. The van der Waals surface area contributed by atoms with Gasteiger partial charge in [0.1, 0.15) is 11.6 Å². The Kier molecular flexibility index (Phi) is 5.98. The van der Waals surface area contributed by atoms with Crippen molar-refractivity contribution < 1.29 is 23.5 Å². The smallest absolute Gasteiger partial charge is 0.338 e. The number of ether oxygens (including phenoxy) is 2. The molecule has 0 fully saturated rings. The lowest BCUT2D eigenvalue weighted by Gasteiger charge is -2.16. The van der Waals surface area contributed by atoms with Crippen molar-refractivity contribution in [3.05, 3.63) is 58.4 Å². The van der Waals surface area contributed by atoms with Crippen LogP contribution in [0.1, 0.15) is 22.8 Å². The Morgan fingerprint density at radius 1 is 1.20 bits per heavy atom. The molecule has 7 heteroatoms. The highest BCUT2D eigenvalue weighted by atomic mass is 35.5. The summed E-state index contributed by atoms with van der Waals surface area (Å²) in [5, 5.41) is 3.12. The molecule has 5 nitrogen and oxygen atoms in total. The predicted molar refractivity (Wildman–Crippen MR) is 92.6 cm³/mol. The SMILES string of the molecule is COC(=O)c1cc(F)c(C)c(NC(=O)C(C)Oc2ccc(Cl)cc2)c1. The molecule has 0 bridgehead atoms. The van der Waals surface area contributed by atoms with Crippen LogP contribution in [-0.2, 0) is 9.53 Å². The highest BCUT2D eigenvalue weighted by Gasteiger charge is 2.19. The summed E-state index contributed by atoms with van der Waals surface area (Å²) in [6, 6.07) is 8.97. The number of esters is 1. The van der Waals surface area contributed by atoms with Crippen molar-refractivity contribution >= 4 is 29.2 Å². The van der Waals surface area contributed by atoms with E-state index in [1.807, 2.05) is 0 Å². The van der Waals surface area contributed by atoms with E-state index in [0.717, 1.165) is 6.07 Å². The number of amides is 1. The van der Waals surface area contributed by atoms with Crippen molar-refractivity contribution in [2.75, 3.05) is 12.4 Å². The van der Waals surface area contributed by atoms with Crippen LogP contribution in [0.2, 0.25) is 5.02 Å². The van der Waals surface area contributed by atoms with Crippen LogP contribution in [0.25, 0.3) is 0 Å². The Morgan fingerprint density at radius 3 is 2.44 bits per heavy atom. The fourth-order valence-electron chi connectivity index (χ4n) is 2.05. The van der Waals surface area contributed by atoms with Gasteiger partial charge in [0, 0.05) is 16.3 Å². The highest BCUT2D eigenvalue weighted by Crippen LogP contribution is 2.22. The molecular formula is C18H17ClFNO4. The molecule has 2 aromatic rings. The van der Waals surface area contributed by atoms with Gasteiger partial charge in [-0.3, -0.25) is 4.79 Å². The molecule has 0 radical (unpaired) electrons. The van der Waals surface area contributed by atoms with Gasteiger partial charge in [0.2, 0.25) is 0 Å². The average molecular weight is 366 g/mol. The number of carbonyl (C=O) groups is 2. The van der Waals surface area contributed by atoms with E-state index in [4.69, 9.17) is 16.3 Å². The van der Waals surface area contributed by atoms with E-state index in [1.165, 1.54) is 20.1 Å². The zero-order valence-corrected chi connectivity index (χ0v) is 14.7. The van der Waals surface area contributed by atoms with Crippen LogP contribution >= 0.6 is 11.6 Å². The number of halogens is 2. The number of nitrogens with one attached hydrogen (secondary N) is 1. The Balaban J connectivity index is 2.14. The first-order valence-corrected chi connectivity index (χ1v) is 7.81. The van der Waals surface area contributed by atoms with Gasteiger partial charge in [-0.2, -0.15) is 0 Å². The third kappa shape index (κ3) is 4.70. The minimum Gasteiger partial charge on any atom is -0.481 e. The topological polar surface area (TPSA) is 64.6 Å². The molecule has 1 atom stereocenters. The Morgan fingerprint density at radius 2 is 1.84 bits per heavy atom. The quantitative estimate of drug-likeness (QED) is 0.814. The Labute approximate surface area is 149 Å². The summed E-state index contributed by atoms with van der Waals surface area (Å²) in [6.07, 6.45) is -0.842. The molecule has 0 saturated carbocycles. The molecule has 0 aliphatic rings. The first-order chi connectivity index (χ1) is 11.8. The van der Waals surface area contributed by atoms with Crippen LogP contribution < -0.4 is 10.1 Å². The van der Waals surface area contributed by atoms with Crippen LogP contribution in [-0.4, -0.2) is 25.1 Å². The van der Waals surface area contributed by atoms with E-state index < -0.39 is 23.8 Å². The van der Waals surface area contributed by atoms with Crippen LogP contribution in [0.4, 0.5) is 10.1 Å². The molecule has 0 spiro atoms. The van der Waals surface area contributed by atoms with Gasteiger partial charge in [-0.25, -0.2) is 9.18 Å². The van der Waals surface area contributed by atoms with Gasteiger partial charge in [-0.05, 0) is 50.2 Å². The Hall–Kier alpha value is -2.60. The van der Waals surface area contributed by atoms with E-state index in [9.17, 15) is 14.0 Å². The Bertz CT molecular complexity index is 792. The molecule has 0 saturated heterocycles.